The molecule has 6 heteroatoms. The molecular formula is C19H22N2O4. The Bertz CT molecular complexity index is 727. The lowest BCUT2D eigenvalue weighted by atomic mass is 10.1. The van der Waals surface area contributed by atoms with E-state index in [1.54, 1.807) is 41.3 Å². The van der Waals surface area contributed by atoms with Crippen molar-refractivity contribution < 1.29 is 19.4 Å². The summed E-state index contributed by atoms with van der Waals surface area (Å²) in [6, 6.07) is 12.0. The van der Waals surface area contributed by atoms with E-state index in [1.165, 1.54) is 0 Å². The molecule has 1 aromatic heterocycles. The average Bonchev–Trinajstić information content (AvgIpc) is 2.62. The van der Waals surface area contributed by atoms with Crippen molar-refractivity contribution in [3.63, 3.8) is 0 Å². The number of phenolic OH excluding ortho intramolecular Hbond substituents is 1. The molecule has 1 aliphatic rings. The largest absolute Gasteiger partial charge is 0.508 e. The summed E-state index contributed by atoms with van der Waals surface area (Å²) in [5.74, 6) is 1.22. The Hall–Kier alpha value is -2.76. The van der Waals surface area contributed by atoms with E-state index in [1.807, 2.05) is 13.0 Å². The Balaban J connectivity index is 1.56. The van der Waals surface area contributed by atoms with Gasteiger partial charge in [-0.05, 0) is 25.1 Å². The number of carbonyl (C=O) groups is 1. The van der Waals surface area contributed by atoms with Gasteiger partial charge in [0.1, 0.15) is 23.3 Å². The predicted molar refractivity (Wildman–Crippen MR) is 93.1 cm³/mol. The molecule has 1 aliphatic heterocycles. The molecule has 0 aliphatic carbocycles. The highest BCUT2D eigenvalue weighted by atomic mass is 16.5. The van der Waals surface area contributed by atoms with Gasteiger partial charge >= 0.3 is 0 Å². The number of carbonyl (C=O) groups excluding carboxylic acids is 1. The molecule has 0 bridgehead atoms. The number of phenols is 1. The molecule has 3 rings (SSSR count). The Labute approximate surface area is 147 Å². The second-order valence-corrected chi connectivity index (χ2v) is 5.90. The molecule has 0 unspecified atom stereocenters. The van der Waals surface area contributed by atoms with E-state index in [-0.39, 0.29) is 17.8 Å². The number of aromatic hydroxyl groups is 1. The smallest absolute Gasteiger partial charge is 0.272 e. The fourth-order valence-corrected chi connectivity index (χ4v) is 2.85. The Morgan fingerprint density at radius 3 is 2.72 bits per heavy atom. The number of aromatic nitrogens is 1. The first kappa shape index (κ1) is 17.1. The molecule has 0 radical (unpaired) electrons. The molecule has 2 aromatic rings. The zero-order valence-electron chi connectivity index (χ0n) is 14.2. The molecule has 1 fully saturated rings. The van der Waals surface area contributed by atoms with Gasteiger partial charge in [0.15, 0.2) is 0 Å². The predicted octanol–water partition coefficient (Wildman–Crippen LogP) is 2.87. The Morgan fingerprint density at radius 1 is 1.24 bits per heavy atom. The number of pyridine rings is 1. The summed E-state index contributed by atoms with van der Waals surface area (Å²) in [6.45, 7) is 3.63. The molecule has 6 nitrogen and oxygen atoms in total. The maximum Gasteiger partial charge on any atom is 0.272 e. The second kappa shape index (κ2) is 7.88. The van der Waals surface area contributed by atoms with Gasteiger partial charge in [0.2, 0.25) is 5.88 Å². The summed E-state index contributed by atoms with van der Waals surface area (Å²) in [6.07, 6.45) is 1.52. The lowest BCUT2D eigenvalue weighted by Gasteiger charge is -2.32. The number of hydrogen-bond acceptors (Lipinski definition) is 5. The number of piperidine rings is 1. The van der Waals surface area contributed by atoms with Gasteiger partial charge in [0, 0.05) is 38.1 Å². The van der Waals surface area contributed by atoms with Crippen LogP contribution in [0.15, 0.2) is 42.5 Å². The summed E-state index contributed by atoms with van der Waals surface area (Å²) in [7, 11) is 0. The number of benzene rings is 1. The molecule has 1 aromatic carbocycles. The lowest BCUT2D eigenvalue weighted by Crippen LogP contribution is -2.42. The van der Waals surface area contributed by atoms with Crippen LogP contribution < -0.4 is 9.47 Å². The average molecular weight is 342 g/mol. The first-order valence-corrected chi connectivity index (χ1v) is 8.50. The molecule has 0 saturated carbocycles. The van der Waals surface area contributed by atoms with Crippen LogP contribution in [0.4, 0.5) is 0 Å². The van der Waals surface area contributed by atoms with E-state index in [4.69, 9.17) is 9.47 Å². The van der Waals surface area contributed by atoms with Gasteiger partial charge in [-0.25, -0.2) is 4.98 Å². The Morgan fingerprint density at radius 2 is 2.00 bits per heavy atom. The van der Waals surface area contributed by atoms with Crippen molar-refractivity contribution in [2.45, 2.75) is 25.9 Å². The van der Waals surface area contributed by atoms with Gasteiger partial charge < -0.3 is 19.5 Å². The first-order valence-electron chi connectivity index (χ1n) is 8.50. The maximum atomic E-state index is 12.6. The molecular weight excluding hydrogens is 320 g/mol. The van der Waals surface area contributed by atoms with Crippen LogP contribution in [0.5, 0.6) is 17.4 Å². The molecule has 1 amide bonds. The SMILES string of the molecule is CCOc1cccc(C(=O)N2CCC(Oc3cccc(O)c3)CC2)n1. The monoisotopic (exact) mass is 342 g/mol. The summed E-state index contributed by atoms with van der Waals surface area (Å²) in [4.78, 5) is 18.7. The topological polar surface area (TPSA) is 71.9 Å². The third-order valence-electron chi connectivity index (χ3n) is 4.08. The van der Waals surface area contributed by atoms with Gasteiger partial charge in [-0.1, -0.05) is 12.1 Å². The van der Waals surface area contributed by atoms with Crippen LogP contribution in [0.25, 0.3) is 0 Å². The van der Waals surface area contributed by atoms with Gasteiger partial charge in [0.25, 0.3) is 5.91 Å². The first-order chi connectivity index (χ1) is 12.2. The molecule has 1 N–H and O–H groups in total. The van der Waals surface area contributed by atoms with Crippen molar-refractivity contribution in [2.24, 2.45) is 0 Å². The zero-order chi connectivity index (χ0) is 17.6. The standard InChI is InChI=1S/C19H22N2O4/c1-2-24-18-8-4-7-17(20-18)19(23)21-11-9-15(10-12-21)25-16-6-3-5-14(22)13-16/h3-8,13,15,22H,2,9-12H2,1H3. The third-order valence-corrected chi connectivity index (χ3v) is 4.08. The van der Waals surface area contributed by atoms with Crippen LogP contribution in [0.1, 0.15) is 30.3 Å². The minimum Gasteiger partial charge on any atom is -0.508 e. The van der Waals surface area contributed by atoms with E-state index >= 15 is 0 Å². The summed E-state index contributed by atoms with van der Waals surface area (Å²) in [5.41, 5.74) is 0.401. The molecule has 0 atom stereocenters. The number of amides is 1. The number of ether oxygens (including phenoxy) is 2. The summed E-state index contributed by atoms with van der Waals surface area (Å²) < 4.78 is 11.2. The van der Waals surface area contributed by atoms with Crippen LogP contribution in [-0.4, -0.2) is 46.7 Å². The van der Waals surface area contributed by atoms with Crippen molar-refractivity contribution in [1.29, 1.82) is 0 Å². The third kappa shape index (κ3) is 4.41. The quantitative estimate of drug-likeness (QED) is 0.905. The van der Waals surface area contributed by atoms with E-state index < -0.39 is 0 Å². The van der Waals surface area contributed by atoms with Gasteiger partial charge in [-0.3, -0.25) is 4.79 Å². The van der Waals surface area contributed by atoms with Crippen LogP contribution in [0, 0.1) is 0 Å². The molecule has 132 valence electrons. The maximum absolute atomic E-state index is 12.6. The van der Waals surface area contributed by atoms with Crippen molar-refractivity contribution >= 4 is 5.91 Å². The fourth-order valence-electron chi connectivity index (χ4n) is 2.85. The second-order valence-electron chi connectivity index (χ2n) is 5.90. The van der Waals surface area contributed by atoms with E-state index in [2.05, 4.69) is 4.98 Å². The highest BCUT2D eigenvalue weighted by Gasteiger charge is 2.25. The van der Waals surface area contributed by atoms with Crippen LogP contribution in [0.3, 0.4) is 0 Å². The number of nitrogens with zero attached hydrogens (tertiary/aromatic N) is 2. The van der Waals surface area contributed by atoms with Gasteiger partial charge in [-0.15, -0.1) is 0 Å². The van der Waals surface area contributed by atoms with Crippen molar-refractivity contribution in [1.82, 2.24) is 9.88 Å². The van der Waals surface area contributed by atoms with Crippen LogP contribution >= 0.6 is 0 Å². The molecule has 25 heavy (non-hydrogen) atoms. The van der Waals surface area contributed by atoms with Crippen LogP contribution in [0.2, 0.25) is 0 Å². The van der Waals surface area contributed by atoms with Gasteiger partial charge in [-0.2, -0.15) is 0 Å². The highest BCUT2D eigenvalue weighted by Crippen LogP contribution is 2.23. The van der Waals surface area contributed by atoms with Crippen molar-refractivity contribution in [3.05, 3.63) is 48.2 Å². The minimum absolute atomic E-state index is 0.0357. The number of hydrogen-bond donors (Lipinski definition) is 1. The van der Waals surface area contributed by atoms with Crippen molar-refractivity contribution in [2.75, 3.05) is 19.7 Å². The Kier molecular flexibility index (Phi) is 5.38. The van der Waals surface area contributed by atoms with Crippen molar-refractivity contribution in [3.8, 4) is 17.4 Å². The zero-order valence-corrected chi connectivity index (χ0v) is 14.2. The normalized spacial score (nSPS) is 15.0. The van der Waals surface area contributed by atoms with E-state index in [0.29, 0.717) is 37.0 Å². The number of likely N-dealkylation sites (tertiary alicyclic amines) is 1. The van der Waals surface area contributed by atoms with Crippen LogP contribution in [-0.2, 0) is 0 Å². The molecule has 1 saturated heterocycles. The van der Waals surface area contributed by atoms with Gasteiger partial charge in [0.05, 0.1) is 6.61 Å². The summed E-state index contributed by atoms with van der Waals surface area (Å²) >= 11 is 0. The van der Waals surface area contributed by atoms with E-state index in [9.17, 15) is 9.90 Å². The fraction of sp³-hybridized carbons (Fsp3) is 0.368. The minimum atomic E-state index is -0.0858. The summed E-state index contributed by atoms with van der Waals surface area (Å²) in [5, 5.41) is 9.49. The lowest BCUT2D eigenvalue weighted by molar-refractivity contribution is 0.0589. The van der Waals surface area contributed by atoms with E-state index in [0.717, 1.165) is 12.8 Å². The number of rotatable bonds is 5. The molecule has 0 spiro atoms. The highest BCUT2D eigenvalue weighted by molar-refractivity contribution is 5.92. The molecule has 2 heterocycles.